The number of piperidine rings is 1. The highest BCUT2D eigenvalue weighted by molar-refractivity contribution is 7.16. The van der Waals surface area contributed by atoms with Crippen molar-refractivity contribution < 1.29 is 18.7 Å². The average molecular weight is 441 g/mol. The van der Waals surface area contributed by atoms with E-state index in [9.17, 15) is 4.79 Å². The number of hydrogen-bond donors (Lipinski definition) is 1. The quantitative estimate of drug-likeness (QED) is 0.526. The standard InChI is InChI=1S/C24H28N2O4S/c1-16-15-18(24(31-16)25-23(27)20-11-8-14-30-20)21(26-12-5-4-6-13-26)17-9-7-10-19(28-2)22(17)29-3/h7-11,14-15,21H,4-6,12-13H2,1-3H3,(H,25,27)/t21-/m0/s1. The number of thiophene rings is 1. The molecule has 0 bridgehead atoms. The summed E-state index contributed by atoms with van der Waals surface area (Å²) in [5, 5.41) is 3.91. The number of carbonyl (C=O) groups excluding carboxylic acids is 1. The Morgan fingerprint density at radius 2 is 1.90 bits per heavy atom. The van der Waals surface area contributed by atoms with Crippen LogP contribution in [0.2, 0.25) is 0 Å². The maximum absolute atomic E-state index is 12.7. The van der Waals surface area contributed by atoms with E-state index in [1.807, 2.05) is 12.1 Å². The normalized spacial score (nSPS) is 15.5. The number of anilines is 1. The predicted molar refractivity (Wildman–Crippen MR) is 123 cm³/mol. The van der Waals surface area contributed by atoms with Crippen molar-refractivity contribution in [3.05, 3.63) is 64.4 Å². The van der Waals surface area contributed by atoms with Gasteiger partial charge in [0.05, 0.1) is 26.5 Å². The first-order valence-electron chi connectivity index (χ1n) is 10.5. The Morgan fingerprint density at radius 1 is 1.10 bits per heavy atom. The van der Waals surface area contributed by atoms with E-state index in [0.717, 1.165) is 52.7 Å². The van der Waals surface area contributed by atoms with Crippen LogP contribution in [0.15, 0.2) is 47.1 Å². The number of ether oxygens (including phenoxy) is 2. The second-order valence-electron chi connectivity index (χ2n) is 7.65. The number of hydrogen-bond acceptors (Lipinski definition) is 6. The number of benzene rings is 1. The molecule has 1 N–H and O–H groups in total. The Labute approximate surface area is 186 Å². The third-order valence-electron chi connectivity index (χ3n) is 5.63. The molecule has 2 aromatic heterocycles. The van der Waals surface area contributed by atoms with Crippen molar-refractivity contribution in [2.45, 2.75) is 32.2 Å². The van der Waals surface area contributed by atoms with Crippen LogP contribution in [-0.4, -0.2) is 38.1 Å². The first-order valence-corrected chi connectivity index (χ1v) is 11.3. The molecule has 4 rings (SSSR count). The molecule has 31 heavy (non-hydrogen) atoms. The fourth-order valence-corrected chi connectivity index (χ4v) is 5.21. The Hall–Kier alpha value is -2.77. The van der Waals surface area contributed by atoms with Gasteiger partial charge < -0.3 is 19.2 Å². The number of rotatable bonds is 7. The molecule has 1 aliphatic rings. The number of amides is 1. The monoisotopic (exact) mass is 440 g/mol. The molecule has 6 nitrogen and oxygen atoms in total. The highest BCUT2D eigenvalue weighted by Gasteiger charge is 2.31. The summed E-state index contributed by atoms with van der Waals surface area (Å²) in [6.45, 7) is 4.05. The second-order valence-corrected chi connectivity index (χ2v) is 8.91. The van der Waals surface area contributed by atoms with Gasteiger partial charge in [-0.2, -0.15) is 0 Å². The summed E-state index contributed by atoms with van der Waals surface area (Å²) in [5.74, 6) is 1.48. The predicted octanol–water partition coefficient (Wildman–Crippen LogP) is 5.49. The Morgan fingerprint density at radius 3 is 2.58 bits per heavy atom. The van der Waals surface area contributed by atoms with Gasteiger partial charge in [0.25, 0.3) is 5.91 Å². The zero-order chi connectivity index (χ0) is 21.8. The molecule has 0 unspecified atom stereocenters. The zero-order valence-corrected chi connectivity index (χ0v) is 19.0. The number of para-hydroxylation sites is 1. The summed E-state index contributed by atoms with van der Waals surface area (Å²) in [6, 6.07) is 11.5. The summed E-state index contributed by atoms with van der Waals surface area (Å²) in [4.78, 5) is 16.3. The molecule has 0 saturated carbocycles. The van der Waals surface area contributed by atoms with Crippen molar-refractivity contribution in [1.29, 1.82) is 0 Å². The number of aryl methyl sites for hydroxylation is 1. The van der Waals surface area contributed by atoms with Gasteiger partial charge in [-0.1, -0.05) is 18.6 Å². The molecular formula is C24H28N2O4S. The van der Waals surface area contributed by atoms with E-state index in [4.69, 9.17) is 13.9 Å². The maximum Gasteiger partial charge on any atom is 0.291 e. The van der Waals surface area contributed by atoms with Crippen LogP contribution < -0.4 is 14.8 Å². The minimum atomic E-state index is -0.247. The maximum atomic E-state index is 12.7. The topological polar surface area (TPSA) is 63.9 Å². The van der Waals surface area contributed by atoms with Gasteiger partial charge in [0.2, 0.25) is 0 Å². The molecule has 164 valence electrons. The van der Waals surface area contributed by atoms with Crippen LogP contribution in [0.5, 0.6) is 11.5 Å². The molecule has 0 spiro atoms. The molecule has 1 fully saturated rings. The number of carbonyl (C=O) groups is 1. The molecule has 1 atom stereocenters. The highest BCUT2D eigenvalue weighted by Crippen LogP contribution is 2.45. The van der Waals surface area contributed by atoms with E-state index in [2.05, 4.69) is 29.3 Å². The molecule has 1 aromatic carbocycles. The summed E-state index contributed by atoms with van der Waals surface area (Å²) in [7, 11) is 3.33. The molecule has 3 heterocycles. The van der Waals surface area contributed by atoms with E-state index in [1.54, 1.807) is 37.7 Å². The number of likely N-dealkylation sites (tertiary alicyclic amines) is 1. The van der Waals surface area contributed by atoms with Crippen molar-refractivity contribution in [3.8, 4) is 11.5 Å². The minimum absolute atomic E-state index is 0.0535. The Bertz CT molecular complexity index is 1020. The van der Waals surface area contributed by atoms with Crippen LogP contribution in [0.1, 0.15) is 51.9 Å². The molecule has 0 aliphatic carbocycles. The van der Waals surface area contributed by atoms with Crippen LogP contribution in [0.4, 0.5) is 5.00 Å². The van der Waals surface area contributed by atoms with Crippen molar-refractivity contribution in [2.24, 2.45) is 0 Å². The SMILES string of the molecule is COc1cccc([C@@H](c2cc(C)sc2NC(=O)c2ccco2)N2CCCCC2)c1OC. The first kappa shape index (κ1) is 21.5. The highest BCUT2D eigenvalue weighted by atomic mass is 32.1. The van der Waals surface area contributed by atoms with E-state index in [1.165, 1.54) is 12.7 Å². The fourth-order valence-electron chi connectivity index (χ4n) is 4.27. The van der Waals surface area contributed by atoms with Crippen LogP contribution in [0.25, 0.3) is 0 Å². The number of nitrogens with one attached hydrogen (secondary N) is 1. The lowest BCUT2D eigenvalue weighted by molar-refractivity contribution is 0.0996. The van der Waals surface area contributed by atoms with E-state index in [0.29, 0.717) is 11.5 Å². The van der Waals surface area contributed by atoms with Crippen LogP contribution in [-0.2, 0) is 0 Å². The summed E-state index contributed by atoms with van der Waals surface area (Å²) in [5.41, 5.74) is 2.10. The number of methoxy groups -OCH3 is 2. The van der Waals surface area contributed by atoms with Crippen LogP contribution in [0, 0.1) is 6.92 Å². The fraction of sp³-hybridized carbons (Fsp3) is 0.375. The summed E-state index contributed by atoms with van der Waals surface area (Å²) in [6.07, 6.45) is 5.05. The van der Waals surface area contributed by atoms with Crippen molar-refractivity contribution in [1.82, 2.24) is 4.90 Å². The molecule has 1 saturated heterocycles. The summed E-state index contributed by atoms with van der Waals surface area (Å²) >= 11 is 1.58. The molecule has 1 amide bonds. The van der Waals surface area contributed by atoms with Gasteiger partial charge in [-0.3, -0.25) is 9.69 Å². The van der Waals surface area contributed by atoms with Gasteiger partial charge >= 0.3 is 0 Å². The van der Waals surface area contributed by atoms with Gasteiger partial charge in [0.15, 0.2) is 17.3 Å². The van der Waals surface area contributed by atoms with E-state index < -0.39 is 0 Å². The first-order chi connectivity index (χ1) is 15.1. The van der Waals surface area contributed by atoms with Gasteiger partial charge in [-0.25, -0.2) is 0 Å². The zero-order valence-electron chi connectivity index (χ0n) is 18.1. The van der Waals surface area contributed by atoms with Crippen LogP contribution >= 0.6 is 11.3 Å². The smallest absolute Gasteiger partial charge is 0.291 e. The molecule has 0 radical (unpaired) electrons. The van der Waals surface area contributed by atoms with Crippen molar-refractivity contribution in [3.63, 3.8) is 0 Å². The third-order valence-corrected chi connectivity index (χ3v) is 6.62. The Balaban J connectivity index is 1.79. The van der Waals surface area contributed by atoms with Gasteiger partial charge in [0, 0.05) is 16.0 Å². The number of nitrogens with zero attached hydrogens (tertiary/aromatic N) is 1. The van der Waals surface area contributed by atoms with Gasteiger partial charge in [-0.05, 0) is 57.1 Å². The molecular weight excluding hydrogens is 412 g/mol. The minimum Gasteiger partial charge on any atom is -0.493 e. The second kappa shape index (κ2) is 9.58. The lowest BCUT2D eigenvalue weighted by atomic mass is 9.94. The lowest BCUT2D eigenvalue weighted by Gasteiger charge is -2.36. The van der Waals surface area contributed by atoms with Crippen molar-refractivity contribution >= 4 is 22.2 Å². The van der Waals surface area contributed by atoms with E-state index >= 15 is 0 Å². The van der Waals surface area contributed by atoms with E-state index in [-0.39, 0.29) is 11.9 Å². The van der Waals surface area contributed by atoms with Crippen LogP contribution in [0.3, 0.4) is 0 Å². The third kappa shape index (κ3) is 4.48. The lowest BCUT2D eigenvalue weighted by Crippen LogP contribution is -2.35. The van der Waals surface area contributed by atoms with Crippen molar-refractivity contribution in [2.75, 3.05) is 32.6 Å². The molecule has 7 heteroatoms. The largest absolute Gasteiger partial charge is 0.493 e. The van der Waals surface area contributed by atoms with Gasteiger partial charge in [0.1, 0.15) is 5.00 Å². The molecule has 3 aromatic rings. The number of furan rings is 1. The Kier molecular flexibility index (Phi) is 6.63. The van der Waals surface area contributed by atoms with Gasteiger partial charge in [-0.15, -0.1) is 11.3 Å². The molecule has 1 aliphatic heterocycles. The summed E-state index contributed by atoms with van der Waals surface area (Å²) < 4.78 is 16.7. The average Bonchev–Trinajstić information content (AvgIpc) is 3.45.